The number of aliphatic hydroxyl groups excluding tert-OH is 1. The highest BCUT2D eigenvalue weighted by Gasteiger charge is 2.57. The lowest BCUT2D eigenvalue weighted by Gasteiger charge is -2.23. The molecule has 3 N–H and O–H groups in total. The summed E-state index contributed by atoms with van der Waals surface area (Å²) in [5.41, 5.74) is -4.80. The molecule has 2 rings (SSSR count). The predicted octanol–water partition coefficient (Wildman–Crippen LogP) is -1.30. The summed E-state index contributed by atoms with van der Waals surface area (Å²) in [5, 5.41) is 20.9. The van der Waals surface area contributed by atoms with E-state index >= 15 is 0 Å². The molecule has 108 valence electrons. The quantitative estimate of drug-likeness (QED) is 0.589. The molecule has 1 aromatic rings. The minimum absolute atomic E-state index is 0.567. The zero-order valence-corrected chi connectivity index (χ0v) is 10.5. The van der Waals surface area contributed by atoms with Gasteiger partial charge in [0.1, 0.15) is 12.2 Å². The van der Waals surface area contributed by atoms with Crippen LogP contribution in [0.5, 0.6) is 0 Å². The fourth-order valence-corrected chi connectivity index (χ4v) is 2.01. The molecule has 20 heavy (non-hydrogen) atoms. The number of nitrogens with zero attached hydrogens (tertiary/aromatic N) is 1. The van der Waals surface area contributed by atoms with Crippen molar-refractivity contribution in [2.45, 2.75) is 24.1 Å². The van der Waals surface area contributed by atoms with Gasteiger partial charge in [-0.15, -0.1) is 0 Å². The highest BCUT2D eigenvalue weighted by Crippen LogP contribution is 2.40. The van der Waals surface area contributed by atoms with E-state index in [9.17, 15) is 24.2 Å². The van der Waals surface area contributed by atoms with Crippen molar-refractivity contribution in [2.24, 2.45) is 0 Å². The van der Waals surface area contributed by atoms with E-state index in [0.717, 1.165) is 12.3 Å². The van der Waals surface area contributed by atoms with Crippen LogP contribution in [0.2, 0.25) is 0 Å². The average Bonchev–Trinajstić information content (AvgIpc) is 2.63. The van der Waals surface area contributed by atoms with Gasteiger partial charge in [-0.05, 0) is 17.5 Å². The van der Waals surface area contributed by atoms with Crippen LogP contribution in [0.25, 0.3) is 0 Å². The molecule has 0 saturated carbocycles. The van der Waals surface area contributed by atoms with Crippen molar-refractivity contribution >= 4 is 11.6 Å². The first kappa shape index (κ1) is 12.1. The van der Waals surface area contributed by atoms with Crippen LogP contribution >= 0.6 is 11.6 Å². The minimum atomic E-state index is -3.11. The van der Waals surface area contributed by atoms with Crippen molar-refractivity contribution in [3.63, 3.8) is 0 Å². The van der Waals surface area contributed by atoms with Gasteiger partial charge in [-0.1, -0.05) is 0 Å². The van der Waals surface area contributed by atoms with Crippen LogP contribution in [0, 0.1) is 11.3 Å². The second-order valence-corrected chi connectivity index (χ2v) is 4.18. The second-order valence-electron chi connectivity index (χ2n) is 3.99. The molecule has 1 aliphatic heterocycles. The molecule has 2 heterocycles. The molecule has 1 aromatic heterocycles. The van der Waals surface area contributed by atoms with Crippen LogP contribution in [-0.2, 0) is 4.74 Å². The molecular weight excluding hydrogens is 295 g/mol. The van der Waals surface area contributed by atoms with Gasteiger partial charge >= 0.3 is 5.69 Å². The Bertz CT molecular complexity index is 752. The summed E-state index contributed by atoms with van der Waals surface area (Å²) in [4.78, 5) is 24.6. The molecule has 0 amide bonds. The molecule has 1 saturated heterocycles. The topological polar surface area (TPSA) is 105 Å². The third-order valence-electron chi connectivity index (χ3n) is 2.82. The number of halogens is 2. The third kappa shape index (κ3) is 2.25. The Morgan fingerprint density at radius 3 is 2.95 bits per heavy atom. The molecule has 0 radical (unpaired) electrons. The van der Waals surface area contributed by atoms with Gasteiger partial charge in [0.05, 0.1) is 9.30 Å². The number of aliphatic hydroxyl groups is 2. The first-order valence-electron chi connectivity index (χ1n) is 6.30. The summed E-state index contributed by atoms with van der Waals surface area (Å²) in [5.74, 6) is 1.81. The molecule has 1 unspecified atom stereocenters. The van der Waals surface area contributed by atoms with Gasteiger partial charge in [0.25, 0.3) is 5.56 Å². The fraction of sp³-hybridized carbons (Fsp3) is 0.455. The monoisotopic (exact) mass is 306 g/mol. The predicted molar refractivity (Wildman–Crippen MR) is 65.8 cm³/mol. The van der Waals surface area contributed by atoms with Crippen LogP contribution in [0.3, 0.4) is 0 Å². The number of hydrogen-bond donors (Lipinski definition) is 3. The Morgan fingerprint density at radius 2 is 2.40 bits per heavy atom. The highest BCUT2D eigenvalue weighted by atomic mass is 35.5. The zero-order valence-electron chi connectivity index (χ0n) is 11.7. The molecule has 0 aliphatic carbocycles. The molecule has 1 fully saturated rings. The number of alkyl halides is 1. The summed E-state index contributed by atoms with van der Waals surface area (Å²) in [6, 6.07) is 0.895. The van der Waals surface area contributed by atoms with Gasteiger partial charge in [-0.3, -0.25) is 14.3 Å². The normalized spacial score (nSPS) is 34.9. The van der Waals surface area contributed by atoms with Gasteiger partial charge in [0.15, 0.2) is 6.23 Å². The van der Waals surface area contributed by atoms with E-state index in [2.05, 4.69) is 0 Å². The molecule has 1 aliphatic rings. The Kier molecular flexibility index (Phi) is 3.26. The first-order valence-corrected chi connectivity index (χ1v) is 5.68. The number of aromatic amines is 1. The number of rotatable bonds is 2. The second kappa shape index (κ2) is 5.38. The number of nitrogens with one attached hydrogen (secondary N) is 1. The van der Waals surface area contributed by atoms with Crippen molar-refractivity contribution in [2.75, 3.05) is 6.56 Å². The standard InChI is InChI=1S/C11H10ClFN2O5/c12-3-2-11(13)8(18)6(5-16)20-9(11)15-4-1-7(17)14-10(15)19/h1,4,6,8-9,16,18H,5H2,(H,14,17,19)/t6-,8+,9-,11?/m1/s1/i5D2. The van der Waals surface area contributed by atoms with E-state index < -0.39 is 41.9 Å². The maximum atomic E-state index is 15.0. The fourth-order valence-electron chi connectivity index (χ4n) is 1.87. The zero-order chi connectivity index (χ0) is 16.7. The summed E-state index contributed by atoms with van der Waals surface area (Å²) >= 11 is 5.15. The van der Waals surface area contributed by atoms with Gasteiger partial charge in [-0.25, -0.2) is 9.18 Å². The van der Waals surface area contributed by atoms with Crippen molar-refractivity contribution in [1.82, 2.24) is 9.55 Å². The Labute approximate surface area is 119 Å². The lowest BCUT2D eigenvalue weighted by molar-refractivity contribution is -0.0543. The number of ether oxygens (including phenoxy) is 1. The van der Waals surface area contributed by atoms with Crippen LogP contribution in [0.1, 0.15) is 8.97 Å². The Morgan fingerprint density at radius 1 is 1.70 bits per heavy atom. The van der Waals surface area contributed by atoms with Crippen LogP contribution in [0.15, 0.2) is 21.9 Å². The van der Waals surface area contributed by atoms with Gasteiger partial charge in [0, 0.05) is 17.6 Å². The van der Waals surface area contributed by atoms with E-state index in [1.165, 1.54) is 0 Å². The average molecular weight is 307 g/mol. The maximum Gasteiger partial charge on any atom is 0.330 e. The van der Waals surface area contributed by atoms with E-state index in [1.807, 2.05) is 10.9 Å². The van der Waals surface area contributed by atoms with Crippen molar-refractivity contribution in [1.29, 1.82) is 0 Å². The van der Waals surface area contributed by atoms with Gasteiger partial charge < -0.3 is 14.9 Å². The number of hydrogen-bond acceptors (Lipinski definition) is 5. The van der Waals surface area contributed by atoms with Crippen molar-refractivity contribution in [3.8, 4) is 11.3 Å². The first-order chi connectivity index (χ1) is 10.1. The van der Waals surface area contributed by atoms with Crippen molar-refractivity contribution < 1.29 is 22.1 Å². The summed E-state index contributed by atoms with van der Waals surface area (Å²) in [6.45, 7) is -3.11. The van der Waals surface area contributed by atoms with Crippen molar-refractivity contribution in [3.05, 3.63) is 33.1 Å². The molecule has 9 heteroatoms. The van der Waals surface area contributed by atoms with Gasteiger partial charge in [-0.2, -0.15) is 0 Å². The maximum absolute atomic E-state index is 15.0. The molecular formula is C11H10ClFN2O5. The minimum Gasteiger partial charge on any atom is -0.394 e. The van der Waals surface area contributed by atoms with E-state index in [-0.39, 0.29) is 0 Å². The highest BCUT2D eigenvalue weighted by molar-refractivity contribution is 6.30. The Balaban J connectivity index is 2.59. The lowest BCUT2D eigenvalue weighted by Crippen LogP contribution is -2.45. The van der Waals surface area contributed by atoms with Crippen LogP contribution < -0.4 is 11.2 Å². The molecule has 0 bridgehead atoms. The largest absolute Gasteiger partial charge is 0.394 e. The number of H-pyrrole nitrogens is 1. The molecule has 0 spiro atoms. The summed E-state index contributed by atoms with van der Waals surface area (Å²) in [7, 11) is 0. The smallest absolute Gasteiger partial charge is 0.330 e. The molecule has 4 atom stereocenters. The molecule has 7 nitrogen and oxygen atoms in total. The van der Waals surface area contributed by atoms with Crippen LogP contribution in [0.4, 0.5) is 4.39 Å². The third-order valence-corrected chi connectivity index (χ3v) is 2.92. The lowest BCUT2D eigenvalue weighted by atomic mass is 9.97. The summed E-state index contributed by atoms with van der Waals surface area (Å²) < 4.78 is 34.8. The van der Waals surface area contributed by atoms with Crippen LogP contribution in [-0.4, -0.2) is 44.2 Å². The summed E-state index contributed by atoms with van der Waals surface area (Å²) in [6.07, 6.45) is -5.30. The van der Waals surface area contributed by atoms with E-state index in [0.29, 0.717) is 4.57 Å². The number of aromatic nitrogens is 2. The Hall–Kier alpha value is -1.66. The SMILES string of the molecule is [2H]C([2H])(O)[C@H]1O[C@@H](n2ccc(=O)[nH]c2=O)C(F)(C#CCl)[C@H]1O. The van der Waals surface area contributed by atoms with E-state index in [1.54, 1.807) is 5.38 Å². The van der Waals surface area contributed by atoms with Gasteiger partial charge in [0.2, 0.25) is 5.67 Å². The van der Waals surface area contributed by atoms with E-state index in [4.69, 9.17) is 19.1 Å². The molecule has 0 aromatic carbocycles.